The van der Waals surface area contributed by atoms with Crippen LogP contribution in [0.2, 0.25) is 0 Å². The van der Waals surface area contributed by atoms with E-state index < -0.39 is 23.4 Å². The minimum Gasteiger partial charge on any atom is -0.822 e. The summed E-state index contributed by atoms with van der Waals surface area (Å²) in [5, 5.41) is 14.5. The summed E-state index contributed by atoms with van der Waals surface area (Å²) in [5.41, 5.74) is 1.64. The molecule has 0 unspecified atom stereocenters. The van der Waals surface area contributed by atoms with Crippen LogP contribution in [0.25, 0.3) is 22.3 Å². The van der Waals surface area contributed by atoms with Crippen LogP contribution in [0.5, 0.6) is 0 Å². The third kappa shape index (κ3) is 4.99. The second kappa shape index (κ2) is 8.46. The Kier molecular flexibility index (Phi) is 6.28. The summed E-state index contributed by atoms with van der Waals surface area (Å²) in [6.07, 6.45) is 6.97. The largest absolute Gasteiger partial charge is 0.822 e. The van der Waals surface area contributed by atoms with Gasteiger partial charge in [-0.2, -0.15) is 22.5 Å². The van der Waals surface area contributed by atoms with E-state index in [1.165, 1.54) is 10.6 Å². The molecule has 0 atom stereocenters. The third-order valence-electron chi connectivity index (χ3n) is 4.80. The van der Waals surface area contributed by atoms with E-state index in [0.29, 0.717) is 0 Å². The van der Waals surface area contributed by atoms with E-state index in [1.54, 1.807) is 24.0 Å². The highest BCUT2D eigenvalue weighted by Gasteiger charge is 2.49. The number of aromatic amines is 1. The van der Waals surface area contributed by atoms with Gasteiger partial charge in [0.15, 0.2) is 0 Å². The Balaban J connectivity index is 0.000000491. The maximum Gasteiger partial charge on any atom is 0.213 e. The van der Waals surface area contributed by atoms with Crippen molar-refractivity contribution in [2.24, 2.45) is 0 Å². The number of nitrogens with one attached hydrogen (secondary N) is 1. The second-order valence-corrected chi connectivity index (χ2v) is 9.96. The van der Waals surface area contributed by atoms with Crippen LogP contribution >= 0.6 is 7.82 Å². The van der Waals surface area contributed by atoms with E-state index in [9.17, 15) is 13.7 Å². The first-order valence-electron chi connectivity index (χ1n) is 8.90. The highest BCUT2D eigenvalue weighted by atomic mass is 32.2. The summed E-state index contributed by atoms with van der Waals surface area (Å²) >= 11 is 0. The average Bonchev–Trinajstić information content (AvgIpc) is 3.32. The molecule has 0 saturated carbocycles. The molecule has 31 heavy (non-hydrogen) atoms. The summed E-state index contributed by atoms with van der Waals surface area (Å²) in [7, 11) is -8.66. The lowest BCUT2D eigenvalue weighted by Crippen LogP contribution is -2.64. The normalized spacial score (nSPS) is 16.2. The summed E-state index contributed by atoms with van der Waals surface area (Å²) < 4.78 is 35.7. The maximum atomic E-state index is 12.0. The number of nitriles is 1. The Bertz CT molecular complexity index is 1260. The van der Waals surface area contributed by atoms with E-state index in [2.05, 4.69) is 26.1 Å². The second-order valence-electron chi connectivity index (χ2n) is 6.81. The zero-order valence-corrected chi connectivity index (χ0v) is 17.9. The summed E-state index contributed by atoms with van der Waals surface area (Å²) in [4.78, 5) is 37.2. The van der Waals surface area contributed by atoms with Crippen molar-refractivity contribution in [3.63, 3.8) is 0 Å². The van der Waals surface area contributed by atoms with Crippen LogP contribution in [0.15, 0.2) is 31.0 Å². The number of nitrogens with zero attached hydrogens (tertiary/aromatic N) is 6. The number of phosphoric acid groups is 1. The molecule has 0 bridgehead atoms. The van der Waals surface area contributed by atoms with Crippen LogP contribution in [0, 0.1) is 11.3 Å². The zero-order valence-electron chi connectivity index (χ0n) is 16.2. The average molecular weight is 466 g/mol. The minimum atomic E-state index is -5.39. The molecular weight excluding hydrogens is 449 g/mol. The smallest absolute Gasteiger partial charge is 0.213 e. The van der Waals surface area contributed by atoms with Gasteiger partial charge in [0, 0.05) is 36.4 Å². The number of rotatable bonds is 5. The molecule has 1 saturated heterocycles. The molecule has 0 spiro atoms. The van der Waals surface area contributed by atoms with Crippen molar-refractivity contribution in [3.8, 4) is 17.3 Å². The van der Waals surface area contributed by atoms with Gasteiger partial charge >= 0.3 is 0 Å². The molecule has 4 heterocycles. The van der Waals surface area contributed by atoms with Gasteiger partial charge in [0.1, 0.15) is 17.5 Å². The van der Waals surface area contributed by atoms with Crippen molar-refractivity contribution >= 4 is 28.9 Å². The minimum absolute atomic E-state index is 0.0480. The Morgan fingerprint density at radius 2 is 2.00 bits per heavy atom. The van der Waals surface area contributed by atoms with Gasteiger partial charge in [-0.1, -0.05) is 0 Å². The standard InChI is InChI=1S/C16H17N7O2S.H3O4P/c1-2-26(24,25)22-9-16(10-22,4-5-17)23-8-12(7-21-23)14-13-3-6-18-15(13)20-11-19-14;1-5(2,3)4/h3,6-8,11H,2,4,9-10H2,1H3,(H,18,19,20);(H3,1,2,3,4)/p-3. The molecule has 13 nitrogen and oxygen atoms in total. The molecule has 4 rings (SSSR count). The molecule has 3 aromatic heterocycles. The Morgan fingerprint density at radius 1 is 1.32 bits per heavy atom. The maximum absolute atomic E-state index is 12.0. The van der Waals surface area contributed by atoms with Crippen molar-refractivity contribution in [2.75, 3.05) is 18.8 Å². The number of H-pyrrole nitrogens is 1. The van der Waals surface area contributed by atoms with Crippen molar-refractivity contribution in [3.05, 3.63) is 31.0 Å². The van der Waals surface area contributed by atoms with Gasteiger partial charge < -0.3 is 24.2 Å². The van der Waals surface area contributed by atoms with Crippen LogP contribution in [0.4, 0.5) is 0 Å². The lowest BCUT2D eigenvalue weighted by atomic mass is 9.89. The Morgan fingerprint density at radius 3 is 2.61 bits per heavy atom. The van der Waals surface area contributed by atoms with Crippen molar-refractivity contribution in [1.29, 1.82) is 5.26 Å². The van der Waals surface area contributed by atoms with Crippen LogP contribution in [-0.4, -0.2) is 56.3 Å². The molecule has 1 fully saturated rings. The molecule has 15 heteroatoms. The number of hydrogen-bond acceptors (Lipinski definition) is 10. The van der Waals surface area contributed by atoms with E-state index in [4.69, 9.17) is 19.2 Å². The lowest BCUT2D eigenvalue weighted by Gasteiger charge is -2.47. The topological polar surface area (TPSA) is 207 Å². The van der Waals surface area contributed by atoms with Crippen LogP contribution in [-0.2, 0) is 20.1 Å². The van der Waals surface area contributed by atoms with Crippen molar-refractivity contribution < 1.29 is 27.7 Å². The fourth-order valence-corrected chi connectivity index (χ4v) is 4.52. The van der Waals surface area contributed by atoms with Gasteiger partial charge in [-0.3, -0.25) is 4.68 Å². The summed E-state index contributed by atoms with van der Waals surface area (Å²) in [5.74, 6) is 0.0480. The van der Waals surface area contributed by atoms with Crippen molar-refractivity contribution in [2.45, 2.75) is 18.9 Å². The van der Waals surface area contributed by atoms with E-state index in [1.807, 2.05) is 12.3 Å². The van der Waals surface area contributed by atoms with Crippen LogP contribution < -0.4 is 14.7 Å². The molecule has 0 amide bonds. The predicted octanol–water partition coefficient (Wildman–Crippen LogP) is -1.73. The van der Waals surface area contributed by atoms with Crippen LogP contribution in [0.3, 0.4) is 0 Å². The summed E-state index contributed by atoms with van der Waals surface area (Å²) in [6.45, 7) is 2.12. The molecule has 166 valence electrons. The van der Waals surface area contributed by atoms with Crippen molar-refractivity contribution in [1.82, 2.24) is 29.0 Å². The Hall–Kier alpha value is -2.66. The number of fused-ring (bicyclic) bond motifs is 1. The van der Waals surface area contributed by atoms with Gasteiger partial charge in [0.2, 0.25) is 10.0 Å². The molecule has 1 aliphatic rings. The highest BCUT2D eigenvalue weighted by Crippen LogP contribution is 2.35. The number of hydrogen-bond donors (Lipinski definition) is 1. The predicted molar refractivity (Wildman–Crippen MR) is 102 cm³/mol. The van der Waals surface area contributed by atoms with Gasteiger partial charge in [-0.15, -0.1) is 0 Å². The number of sulfonamides is 1. The monoisotopic (exact) mass is 466 g/mol. The molecule has 1 N–H and O–H groups in total. The van der Waals surface area contributed by atoms with Gasteiger partial charge in [0.05, 0.1) is 30.1 Å². The number of aromatic nitrogens is 5. The lowest BCUT2D eigenvalue weighted by molar-refractivity contribution is -0.432. The van der Waals surface area contributed by atoms with Gasteiger partial charge in [-0.05, 0) is 13.0 Å². The quantitative estimate of drug-likeness (QED) is 0.420. The first-order valence-corrected chi connectivity index (χ1v) is 12.0. The molecule has 0 radical (unpaired) electrons. The molecule has 0 aromatic carbocycles. The van der Waals surface area contributed by atoms with E-state index in [0.717, 1.165) is 22.3 Å². The Labute approximate surface area is 177 Å². The fraction of sp³-hybridized carbons (Fsp3) is 0.375. The van der Waals surface area contributed by atoms with E-state index in [-0.39, 0.29) is 25.3 Å². The first-order chi connectivity index (χ1) is 14.5. The first kappa shape index (κ1) is 23.0. The molecule has 1 aliphatic heterocycles. The van der Waals surface area contributed by atoms with Gasteiger partial charge in [-0.25, -0.2) is 18.4 Å². The molecule has 0 aliphatic carbocycles. The highest BCUT2D eigenvalue weighted by molar-refractivity contribution is 7.89. The fourth-order valence-electron chi connectivity index (χ4n) is 3.28. The third-order valence-corrected chi connectivity index (χ3v) is 6.58. The van der Waals surface area contributed by atoms with Crippen LogP contribution in [0.1, 0.15) is 13.3 Å². The van der Waals surface area contributed by atoms with E-state index >= 15 is 0 Å². The molecule has 3 aromatic rings. The SMILES string of the molecule is CCS(=O)(=O)N1CC(CC#N)(n2cc(-c3ncnc4[nH]ccc34)cn2)C1.O=P([O-])([O-])[O-]. The summed E-state index contributed by atoms with van der Waals surface area (Å²) in [6, 6.07) is 4.06. The van der Waals surface area contributed by atoms with Gasteiger partial charge in [0.25, 0.3) is 0 Å². The molecular formula is C16H17N7O6PS-3. The zero-order chi connectivity index (χ0) is 22.9.